The first-order valence-corrected chi connectivity index (χ1v) is 14.9. The number of fused-ring (bicyclic) bond motifs is 7. The molecule has 0 unspecified atom stereocenters. The molecule has 5 saturated carbocycles. The first-order valence-electron chi connectivity index (χ1n) is 14.9. The van der Waals surface area contributed by atoms with E-state index in [-0.39, 0.29) is 53.9 Å². The lowest BCUT2D eigenvalue weighted by Gasteiger charge is -2.66. The van der Waals surface area contributed by atoms with Gasteiger partial charge in [0.2, 0.25) is 5.79 Å². The SMILES string of the molecule is C[C@@H]1C[C@@H](O)[C@]2(O)O[C@@H]3C[C@@]4(C)[C@@H](CC[C@@H]5[C@@H]4CC[C@]4(C)[C@@H](C6=CC(=O)OC6)C[C@@H](O)[C@]54O)C[C@H]3O[C@@H]2C1. The summed E-state index contributed by atoms with van der Waals surface area (Å²) in [5.41, 5.74) is -0.990. The van der Waals surface area contributed by atoms with Crippen LogP contribution in [0.15, 0.2) is 11.6 Å². The van der Waals surface area contributed by atoms with Crippen LogP contribution in [0.5, 0.6) is 0 Å². The summed E-state index contributed by atoms with van der Waals surface area (Å²) in [7, 11) is 0. The van der Waals surface area contributed by atoms with Crippen molar-refractivity contribution in [2.75, 3.05) is 6.61 Å². The van der Waals surface area contributed by atoms with E-state index in [4.69, 9.17) is 14.2 Å². The maximum Gasteiger partial charge on any atom is 0.331 e. The van der Waals surface area contributed by atoms with Crippen molar-refractivity contribution in [2.45, 2.75) is 120 Å². The average molecular weight is 533 g/mol. The summed E-state index contributed by atoms with van der Waals surface area (Å²) in [4.78, 5) is 11.8. The van der Waals surface area contributed by atoms with Gasteiger partial charge in [-0.15, -0.1) is 0 Å². The minimum atomic E-state index is -1.67. The molecule has 0 aromatic rings. The fraction of sp³-hybridized carbons (Fsp3) is 0.900. The van der Waals surface area contributed by atoms with Gasteiger partial charge >= 0.3 is 5.97 Å². The summed E-state index contributed by atoms with van der Waals surface area (Å²) >= 11 is 0. The van der Waals surface area contributed by atoms with E-state index in [0.717, 1.165) is 37.7 Å². The summed E-state index contributed by atoms with van der Waals surface area (Å²) in [5.74, 6) is -1.25. The first-order chi connectivity index (χ1) is 17.9. The van der Waals surface area contributed by atoms with Crippen LogP contribution < -0.4 is 0 Å². The second kappa shape index (κ2) is 8.26. The summed E-state index contributed by atoms with van der Waals surface area (Å²) in [6, 6.07) is 0. The lowest BCUT2D eigenvalue weighted by molar-refractivity contribution is -0.403. The predicted molar refractivity (Wildman–Crippen MR) is 135 cm³/mol. The van der Waals surface area contributed by atoms with Crippen LogP contribution in [0.3, 0.4) is 0 Å². The third-order valence-electron chi connectivity index (χ3n) is 12.8. The number of hydrogen-bond acceptors (Lipinski definition) is 8. The molecule has 14 atom stereocenters. The van der Waals surface area contributed by atoms with Crippen molar-refractivity contribution < 1.29 is 39.4 Å². The molecule has 8 heteroatoms. The van der Waals surface area contributed by atoms with Crippen molar-refractivity contribution in [3.8, 4) is 0 Å². The maximum atomic E-state index is 12.5. The molecule has 0 spiro atoms. The minimum Gasteiger partial charge on any atom is -0.458 e. The Morgan fingerprint density at radius 2 is 1.74 bits per heavy atom. The van der Waals surface area contributed by atoms with Gasteiger partial charge < -0.3 is 34.6 Å². The summed E-state index contributed by atoms with van der Waals surface area (Å²) in [6.07, 6.45) is 5.54. The van der Waals surface area contributed by atoms with Crippen LogP contribution in [0.25, 0.3) is 0 Å². The molecule has 1 saturated heterocycles. The molecule has 38 heavy (non-hydrogen) atoms. The zero-order chi connectivity index (χ0) is 26.8. The van der Waals surface area contributed by atoms with E-state index in [2.05, 4.69) is 20.8 Å². The van der Waals surface area contributed by atoms with Gasteiger partial charge in [-0.25, -0.2) is 4.79 Å². The number of cyclic esters (lactones) is 1. The van der Waals surface area contributed by atoms with Gasteiger partial charge in [0.05, 0.1) is 23.9 Å². The molecule has 2 aliphatic heterocycles. The van der Waals surface area contributed by atoms with Crippen LogP contribution >= 0.6 is 0 Å². The topological polar surface area (TPSA) is 126 Å². The molecule has 0 bridgehead atoms. The Kier molecular flexibility index (Phi) is 5.63. The number of hydrogen-bond donors (Lipinski definition) is 4. The molecule has 2 heterocycles. The number of carbonyl (C=O) groups is 1. The number of ether oxygens (including phenoxy) is 3. The Balaban J connectivity index is 1.17. The normalized spacial score (nSPS) is 59.6. The Hall–Kier alpha value is -1.03. The zero-order valence-electron chi connectivity index (χ0n) is 22.8. The van der Waals surface area contributed by atoms with Gasteiger partial charge in [-0.3, -0.25) is 0 Å². The molecule has 212 valence electrons. The van der Waals surface area contributed by atoms with Crippen molar-refractivity contribution in [3.05, 3.63) is 11.6 Å². The fourth-order valence-corrected chi connectivity index (χ4v) is 10.8. The quantitative estimate of drug-likeness (QED) is 0.380. The largest absolute Gasteiger partial charge is 0.458 e. The van der Waals surface area contributed by atoms with Crippen LogP contribution in [0.4, 0.5) is 0 Å². The number of rotatable bonds is 1. The molecule has 0 radical (unpaired) electrons. The Morgan fingerprint density at radius 3 is 2.47 bits per heavy atom. The smallest absolute Gasteiger partial charge is 0.331 e. The third kappa shape index (κ3) is 3.22. The second-order valence-corrected chi connectivity index (χ2v) is 14.5. The van der Waals surface area contributed by atoms with Crippen molar-refractivity contribution in [2.24, 2.45) is 40.4 Å². The molecule has 0 amide bonds. The van der Waals surface area contributed by atoms with Gasteiger partial charge in [-0.2, -0.15) is 0 Å². The van der Waals surface area contributed by atoms with Gasteiger partial charge in [0.15, 0.2) is 0 Å². The molecule has 6 fully saturated rings. The molecule has 8 nitrogen and oxygen atoms in total. The summed E-state index contributed by atoms with van der Waals surface area (Å²) in [6.45, 7) is 6.76. The predicted octanol–water partition coefficient (Wildman–Crippen LogP) is 2.46. The zero-order valence-corrected chi connectivity index (χ0v) is 22.8. The first kappa shape index (κ1) is 25.9. The van der Waals surface area contributed by atoms with Gasteiger partial charge in [0.1, 0.15) is 18.8 Å². The highest BCUT2D eigenvalue weighted by molar-refractivity contribution is 5.85. The van der Waals surface area contributed by atoms with Crippen LogP contribution in [-0.2, 0) is 19.0 Å². The number of esters is 1. The standard InChI is InChI=1S/C30H44O8/c1-15-8-24(32)30(35)25(9-15)37-21-11-17-4-5-19-18(27(17,2)13-22(21)38-30)6-7-28(3)20(12-23(31)29(19,28)34)16-10-26(33)36-14-16/h10,15,17-25,31-32,34-35H,4-9,11-14H2,1-3H3/t15-,17+,18+,19-,20-,21-,22-,23-,24-,25-,27+,28-,29-,30+/m1/s1. The molecule has 4 N–H and O–H groups in total. The van der Waals surface area contributed by atoms with Crippen LogP contribution in [-0.4, -0.2) is 74.9 Å². The van der Waals surface area contributed by atoms with E-state index in [9.17, 15) is 25.2 Å². The van der Waals surface area contributed by atoms with E-state index in [1.165, 1.54) is 0 Å². The molecule has 5 aliphatic carbocycles. The second-order valence-electron chi connectivity index (χ2n) is 14.5. The van der Waals surface area contributed by atoms with Crippen molar-refractivity contribution in [3.63, 3.8) is 0 Å². The van der Waals surface area contributed by atoms with Gasteiger partial charge in [-0.05, 0) is 98.4 Å². The third-order valence-corrected chi connectivity index (χ3v) is 12.8. The van der Waals surface area contributed by atoms with Crippen LogP contribution in [0.2, 0.25) is 0 Å². The average Bonchev–Trinajstić information content (AvgIpc) is 3.36. The van der Waals surface area contributed by atoms with Gasteiger partial charge in [-0.1, -0.05) is 20.8 Å². The Morgan fingerprint density at radius 1 is 0.947 bits per heavy atom. The maximum absolute atomic E-state index is 12.5. The highest BCUT2D eigenvalue weighted by atomic mass is 16.7. The fourth-order valence-electron chi connectivity index (χ4n) is 10.8. The molecular weight excluding hydrogens is 488 g/mol. The summed E-state index contributed by atoms with van der Waals surface area (Å²) in [5, 5.41) is 46.1. The lowest BCUT2D eigenvalue weighted by Crippen LogP contribution is -2.70. The number of aliphatic hydroxyl groups is 4. The molecule has 7 aliphatic rings. The molecular formula is C30H44O8. The molecule has 7 rings (SSSR count). The molecule has 0 aromatic carbocycles. The molecule has 0 aromatic heterocycles. The van der Waals surface area contributed by atoms with E-state index in [1.54, 1.807) is 6.08 Å². The van der Waals surface area contributed by atoms with E-state index in [0.29, 0.717) is 31.6 Å². The highest BCUT2D eigenvalue weighted by Gasteiger charge is 2.72. The van der Waals surface area contributed by atoms with E-state index < -0.39 is 35.1 Å². The lowest BCUT2D eigenvalue weighted by atomic mass is 9.42. The summed E-state index contributed by atoms with van der Waals surface area (Å²) < 4.78 is 18.1. The van der Waals surface area contributed by atoms with Gasteiger partial charge in [0.25, 0.3) is 0 Å². The Labute approximate surface area is 224 Å². The number of carbonyl (C=O) groups excluding carboxylic acids is 1. The van der Waals surface area contributed by atoms with Crippen molar-refractivity contribution in [1.82, 2.24) is 0 Å². The van der Waals surface area contributed by atoms with Crippen LogP contribution in [0.1, 0.15) is 78.6 Å². The van der Waals surface area contributed by atoms with Crippen LogP contribution in [0, 0.1) is 40.4 Å². The van der Waals surface area contributed by atoms with Crippen molar-refractivity contribution >= 4 is 5.97 Å². The van der Waals surface area contributed by atoms with Gasteiger partial charge in [0, 0.05) is 11.5 Å². The number of aliphatic hydroxyl groups excluding tert-OH is 2. The van der Waals surface area contributed by atoms with Crippen molar-refractivity contribution in [1.29, 1.82) is 0 Å². The minimum absolute atomic E-state index is 0.0564. The highest BCUT2D eigenvalue weighted by Crippen LogP contribution is 2.70. The monoisotopic (exact) mass is 532 g/mol. The van der Waals surface area contributed by atoms with E-state index in [1.807, 2.05) is 0 Å². The Bertz CT molecular complexity index is 1050. The van der Waals surface area contributed by atoms with E-state index >= 15 is 0 Å².